The van der Waals surface area contributed by atoms with Gasteiger partial charge >= 0.3 is 0 Å². The second-order valence-corrected chi connectivity index (χ2v) is 8.57. The van der Waals surface area contributed by atoms with Crippen molar-refractivity contribution in [2.45, 2.75) is 34.1 Å². The Morgan fingerprint density at radius 1 is 1.24 bits per heavy atom. The summed E-state index contributed by atoms with van der Waals surface area (Å²) in [5.74, 6) is 0.853. The van der Waals surface area contributed by atoms with E-state index in [1.807, 2.05) is 13.0 Å². The first-order valence-electron chi connectivity index (χ1n) is 7.92. The summed E-state index contributed by atoms with van der Waals surface area (Å²) in [7, 11) is -0.751. The number of allylic oxidation sites excluding steroid dienone is 2. The maximum atomic E-state index is 11.4. The minimum Gasteiger partial charge on any atom is -0.368 e. The van der Waals surface area contributed by atoms with E-state index in [1.54, 1.807) is 10.8 Å². The molecular weight excluding hydrogens is 338 g/mol. The number of carbonyl (C=O) groups excluding carboxylic acids is 1. The van der Waals surface area contributed by atoms with Crippen molar-refractivity contribution in [2.75, 3.05) is 22.9 Å². The highest BCUT2D eigenvalue weighted by atomic mass is 32.2. The molecule has 0 bridgehead atoms. The van der Waals surface area contributed by atoms with Gasteiger partial charge in [-0.25, -0.2) is 0 Å². The molecule has 2 rings (SSSR count). The summed E-state index contributed by atoms with van der Waals surface area (Å²) in [6, 6.07) is 0. The molecule has 1 aliphatic heterocycles. The Morgan fingerprint density at radius 3 is 2.56 bits per heavy atom. The van der Waals surface area contributed by atoms with E-state index in [0.29, 0.717) is 11.9 Å². The van der Waals surface area contributed by atoms with Gasteiger partial charge in [0.25, 0.3) is 5.24 Å². The highest BCUT2D eigenvalue weighted by molar-refractivity contribution is 8.30. The molecule has 25 heavy (non-hydrogen) atoms. The van der Waals surface area contributed by atoms with Gasteiger partial charge in [-0.1, -0.05) is 37.3 Å². The highest BCUT2D eigenvalue weighted by Crippen LogP contribution is 2.26. The van der Waals surface area contributed by atoms with Gasteiger partial charge in [0.1, 0.15) is 0 Å². The highest BCUT2D eigenvalue weighted by Gasteiger charge is 2.13. The maximum Gasteiger partial charge on any atom is 0.274 e. The maximum absolute atomic E-state index is 11.4. The molecule has 6 N–H and O–H groups in total. The predicted octanol–water partition coefficient (Wildman–Crippen LogP) is 2.66. The van der Waals surface area contributed by atoms with Crippen molar-refractivity contribution >= 4 is 38.9 Å². The van der Waals surface area contributed by atoms with Crippen molar-refractivity contribution < 1.29 is 4.79 Å². The number of carbonyl (C=O) groups is 1. The molecule has 0 saturated carbocycles. The van der Waals surface area contributed by atoms with Crippen LogP contribution in [0.1, 0.15) is 34.1 Å². The van der Waals surface area contributed by atoms with Gasteiger partial charge in [-0.15, -0.1) is 0 Å². The number of nitrogen functional groups attached to an aromatic ring is 1. The normalized spacial score (nSPS) is 17.2. The number of hydrogen-bond acceptors (Lipinski definition) is 7. The molecule has 9 heteroatoms. The van der Waals surface area contributed by atoms with Gasteiger partial charge in [0.2, 0.25) is 17.8 Å². The van der Waals surface area contributed by atoms with E-state index in [4.69, 9.17) is 11.5 Å². The van der Waals surface area contributed by atoms with Gasteiger partial charge in [0.15, 0.2) is 0 Å². The van der Waals surface area contributed by atoms with Crippen LogP contribution in [0.2, 0.25) is 0 Å². The first kappa shape index (κ1) is 18.9. The van der Waals surface area contributed by atoms with E-state index < -0.39 is 10.5 Å². The van der Waals surface area contributed by atoms with Crippen LogP contribution in [0.25, 0.3) is 0 Å². The molecule has 8 nitrogen and oxygen atoms in total. The summed E-state index contributed by atoms with van der Waals surface area (Å²) in [5, 5.41) is 9.42. The van der Waals surface area contributed by atoms with Gasteiger partial charge in [0.05, 0.1) is 5.70 Å². The molecule has 1 aromatic heterocycles. The molecular formula is C16H25N7OS. The number of rotatable bonds is 5. The molecule has 2 heterocycles. The lowest BCUT2D eigenvalue weighted by Crippen LogP contribution is -2.16. The smallest absolute Gasteiger partial charge is 0.274 e. The Morgan fingerprint density at radius 2 is 1.92 bits per heavy atom. The van der Waals surface area contributed by atoms with E-state index in [9.17, 15) is 4.79 Å². The molecule has 1 unspecified atom stereocenters. The third-order valence-corrected chi connectivity index (χ3v) is 4.81. The average molecular weight is 363 g/mol. The minimum atomic E-state index is -0.751. The Labute approximate surface area is 150 Å². The van der Waals surface area contributed by atoms with Gasteiger partial charge in [-0.3, -0.25) is 4.79 Å². The number of amides is 1. The SMILES string of the molecule is CC1=CC=S(C(N)=O)C=C1Nc1nc(N)nc(NCCC(C)(C)C)n1. The monoisotopic (exact) mass is 363 g/mol. The zero-order valence-electron chi connectivity index (χ0n) is 15.0. The van der Waals surface area contributed by atoms with Crippen LogP contribution >= 0.6 is 10.5 Å². The summed E-state index contributed by atoms with van der Waals surface area (Å²) in [6.45, 7) is 9.15. The van der Waals surface area contributed by atoms with Gasteiger partial charge in [-0.05, 0) is 35.1 Å². The Kier molecular flexibility index (Phi) is 5.78. The van der Waals surface area contributed by atoms with Crippen molar-refractivity contribution in [1.29, 1.82) is 0 Å². The van der Waals surface area contributed by atoms with Crippen LogP contribution in [-0.2, 0) is 0 Å². The average Bonchev–Trinajstić information content (AvgIpc) is 2.47. The molecule has 0 aromatic carbocycles. The van der Waals surface area contributed by atoms with Crippen molar-refractivity contribution in [3.8, 4) is 0 Å². The molecule has 0 radical (unpaired) electrons. The third kappa shape index (κ3) is 5.86. The van der Waals surface area contributed by atoms with E-state index in [2.05, 4.69) is 46.4 Å². The van der Waals surface area contributed by atoms with Crippen molar-refractivity contribution in [3.05, 3.63) is 22.8 Å². The fourth-order valence-electron chi connectivity index (χ4n) is 1.97. The molecule has 136 valence electrons. The second-order valence-electron chi connectivity index (χ2n) is 6.91. The molecule has 1 amide bonds. The first-order chi connectivity index (χ1) is 11.6. The van der Waals surface area contributed by atoms with E-state index >= 15 is 0 Å². The van der Waals surface area contributed by atoms with Gasteiger partial charge in [-0.2, -0.15) is 15.0 Å². The molecule has 1 atom stereocenters. The van der Waals surface area contributed by atoms with E-state index in [-0.39, 0.29) is 16.6 Å². The fraction of sp³-hybridized carbons (Fsp3) is 0.438. The van der Waals surface area contributed by atoms with Gasteiger partial charge < -0.3 is 22.1 Å². The third-order valence-electron chi connectivity index (χ3n) is 3.42. The van der Waals surface area contributed by atoms with E-state index in [0.717, 1.165) is 24.2 Å². The summed E-state index contributed by atoms with van der Waals surface area (Å²) in [6.07, 6.45) is 2.81. The first-order valence-corrected chi connectivity index (χ1v) is 9.27. The summed E-state index contributed by atoms with van der Waals surface area (Å²) in [4.78, 5) is 23.9. The van der Waals surface area contributed by atoms with Crippen LogP contribution in [0.3, 0.4) is 0 Å². The fourth-order valence-corrected chi connectivity index (χ4v) is 3.15. The van der Waals surface area contributed by atoms with Gasteiger partial charge in [0, 0.05) is 6.54 Å². The topological polar surface area (TPSA) is 132 Å². The van der Waals surface area contributed by atoms with Crippen molar-refractivity contribution in [3.63, 3.8) is 0 Å². The number of primary amides is 1. The summed E-state index contributed by atoms with van der Waals surface area (Å²) >= 11 is 0. The Hall–Kier alpha value is -2.42. The molecule has 1 aliphatic rings. The number of nitrogens with two attached hydrogens (primary N) is 2. The standard InChI is InChI=1S/C16H25N7OS/c1-10-5-8-25(13(18)24)9-11(10)20-15-22-12(17)21-14(23-15)19-7-6-16(2,3)4/h5,8-9H,6-7H2,1-4H3,(H2,18,24)(H4,17,19,20,21,22,23). The number of aromatic nitrogens is 3. The lowest BCUT2D eigenvalue weighted by Gasteiger charge is -2.18. The van der Waals surface area contributed by atoms with Crippen LogP contribution in [0.5, 0.6) is 0 Å². The molecule has 0 saturated heterocycles. The number of nitrogens with one attached hydrogen (secondary N) is 2. The summed E-state index contributed by atoms with van der Waals surface area (Å²) in [5.41, 5.74) is 13.0. The lowest BCUT2D eigenvalue weighted by atomic mass is 9.92. The Bertz CT molecular complexity index is 762. The lowest BCUT2D eigenvalue weighted by molar-refractivity contribution is 0.267. The molecule has 0 spiro atoms. The van der Waals surface area contributed by atoms with Crippen LogP contribution < -0.4 is 22.1 Å². The molecule has 0 fully saturated rings. The number of nitrogens with zero attached hydrogens (tertiary/aromatic N) is 3. The van der Waals surface area contributed by atoms with Crippen LogP contribution in [0.4, 0.5) is 22.6 Å². The number of hydrogen-bond donors (Lipinski definition) is 4. The predicted molar refractivity (Wildman–Crippen MR) is 106 cm³/mol. The van der Waals surface area contributed by atoms with Crippen molar-refractivity contribution in [1.82, 2.24) is 15.0 Å². The number of anilines is 3. The minimum absolute atomic E-state index is 0.120. The van der Waals surface area contributed by atoms with Crippen LogP contribution in [0, 0.1) is 5.41 Å². The zero-order valence-corrected chi connectivity index (χ0v) is 15.8. The molecule has 1 aromatic rings. The van der Waals surface area contributed by atoms with E-state index in [1.165, 1.54) is 0 Å². The van der Waals surface area contributed by atoms with Crippen LogP contribution in [0.15, 0.2) is 22.8 Å². The zero-order chi connectivity index (χ0) is 18.6. The van der Waals surface area contributed by atoms with Crippen molar-refractivity contribution in [2.24, 2.45) is 11.1 Å². The van der Waals surface area contributed by atoms with Crippen LogP contribution in [-0.4, -0.2) is 32.1 Å². The molecule has 0 aliphatic carbocycles. The quantitative estimate of drug-likeness (QED) is 0.591. The largest absolute Gasteiger partial charge is 0.368 e. The Balaban J connectivity index is 2.13. The summed E-state index contributed by atoms with van der Waals surface area (Å²) < 4.78 is 0. The second kappa shape index (κ2) is 7.64.